The Hall–Kier alpha value is -2.03. The van der Waals surface area contributed by atoms with Gasteiger partial charge >= 0.3 is 0 Å². The van der Waals surface area contributed by atoms with Gasteiger partial charge in [0.2, 0.25) is 5.91 Å². The molecular weight excluding hydrogens is 479 g/mol. The monoisotopic (exact) mass is 512 g/mol. The summed E-state index contributed by atoms with van der Waals surface area (Å²) < 4.78 is 5.37. The number of likely N-dealkylation sites (N-methyl/N-ethyl adjacent to an activating group) is 1. The number of nitrogens with zero attached hydrogens (tertiary/aromatic N) is 2. The number of hydrogen-bond acceptors (Lipinski definition) is 3. The van der Waals surface area contributed by atoms with Crippen LogP contribution in [0.3, 0.4) is 0 Å². The van der Waals surface area contributed by atoms with Crippen molar-refractivity contribution in [3.05, 3.63) is 60.1 Å². The molecule has 7 heteroatoms. The van der Waals surface area contributed by atoms with E-state index in [0.717, 1.165) is 25.1 Å². The molecule has 2 rings (SSSR count). The lowest BCUT2D eigenvalue weighted by Gasteiger charge is -2.25. The molecule has 0 saturated carbocycles. The zero-order chi connectivity index (χ0) is 20.4. The Kier molecular flexibility index (Phi) is 10.8. The minimum Gasteiger partial charge on any atom is -0.469 e. The molecule has 2 aromatic rings. The van der Waals surface area contributed by atoms with Gasteiger partial charge in [-0.1, -0.05) is 30.3 Å². The molecule has 0 radical (unpaired) electrons. The molecule has 29 heavy (non-hydrogen) atoms. The molecule has 0 aliphatic heterocycles. The number of amides is 1. The fourth-order valence-electron chi connectivity index (χ4n) is 2.75. The van der Waals surface area contributed by atoms with Crippen LogP contribution in [0.25, 0.3) is 0 Å². The van der Waals surface area contributed by atoms with Crippen molar-refractivity contribution in [3.63, 3.8) is 0 Å². The summed E-state index contributed by atoms with van der Waals surface area (Å²) in [6, 6.07) is 14.1. The third-order valence-corrected chi connectivity index (χ3v) is 4.00. The Bertz CT molecular complexity index is 740. The first-order valence-electron chi connectivity index (χ1n) is 9.70. The Morgan fingerprint density at radius 2 is 1.83 bits per heavy atom. The van der Waals surface area contributed by atoms with Gasteiger partial charge in [-0.25, -0.2) is 0 Å². The molecule has 0 aliphatic carbocycles. The van der Waals surface area contributed by atoms with Crippen LogP contribution in [0.15, 0.2) is 58.1 Å². The number of carbonyl (C=O) groups excluding carboxylic acids is 1. The maximum atomic E-state index is 12.3. The van der Waals surface area contributed by atoms with Crippen molar-refractivity contribution in [3.8, 4) is 0 Å². The molecule has 160 valence electrons. The first-order valence-corrected chi connectivity index (χ1v) is 9.70. The zero-order valence-electron chi connectivity index (χ0n) is 17.8. The second-order valence-electron chi connectivity index (χ2n) is 7.85. The fourth-order valence-corrected chi connectivity index (χ4v) is 2.75. The summed E-state index contributed by atoms with van der Waals surface area (Å²) in [7, 11) is 1.88. The minimum absolute atomic E-state index is 0. The van der Waals surface area contributed by atoms with Crippen LogP contribution >= 0.6 is 24.0 Å². The number of furan rings is 1. The lowest BCUT2D eigenvalue weighted by molar-refractivity contribution is -0.122. The number of halogens is 1. The molecule has 0 unspecified atom stereocenters. The van der Waals surface area contributed by atoms with E-state index in [1.165, 1.54) is 5.56 Å². The molecule has 0 spiro atoms. The van der Waals surface area contributed by atoms with E-state index in [0.29, 0.717) is 12.5 Å². The summed E-state index contributed by atoms with van der Waals surface area (Å²) in [5.74, 6) is 1.59. The lowest BCUT2D eigenvalue weighted by atomic mass is 10.1. The van der Waals surface area contributed by atoms with Crippen LogP contribution < -0.4 is 10.6 Å². The van der Waals surface area contributed by atoms with Crippen LogP contribution in [0.4, 0.5) is 0 Å². The maximum Gasteiger partial charge on any atom is 0.240 e. The Morgan fingerprint density at radius 1 is 1.10 bits per heavy atom. The Balaban J connectivity index is 0.00000420. The molecule has 0 bridgehead atoms. The molecule has 0 atom stereocenters. The summed E-state index contributed by atoms with van der Waals surface area (Å²) in [4.78, 5) is 18.8. The number of rotatable bonds is 8. The van der Waals surface area contributed by atoms with Gasteiger partial charge in [0, 0.05) is 32.1 Å². The van der Waals surface area contributed by atoms with Crippen LogP contribution in [-0.2, 0) is 17.6 Å². The number of benzene rings is 1. The highest BCUT2D eigenvalue weighted by Crippen LogP contribution is 2.02. The van der Waals surface area contributed by atoms with Gasteiger partial charge in [-0.05, 0) is 44.9 Å². The second-order valence-corrected chi connectivity index (χ2v) is 7.85. The molecule has 0 saturated heterocycles. The SMILES string of the molecule is CN(CC(=O)NC(C)(C)C)C(=NCCc1ccco1)NCCc1ccccc1.I. The van der Waals surface area contributed by atoms with Crippen molar-refractivity contribution in [1.82, 2.24) is 15.5 Å². The average molecular weight is 512 g/mol. The highest BCUT2D eigenvalue weighted by molar-refractivity contribution is 14.0. The lowest BCUT2D eigenvalue weighted by Crippen LogP contribution is -2.49. The van der Waals surface area contributed by atoms with Gasteiger partial charge in [-0.2, -0.15) is 0 Å². The fraction of sp³-hybridized carbons (Fsp3) is 0.455. The van der Waals surface area contributed by atoms with Crippen LogP contribution in [0.2, 0.25) is 0 Å². The summed E-state index contributed by atoms with van der Waals surface area (Å²) >= 11 is 0. The van der Waals surface area contributed by atoms with Crippen molar-refractivity contribution in [2.45, 2.75) is 39.2 Å². The predicted octanol–water partition coefficient (Wildman–Crippen LogP) is 3.47. The van der Waals surface area contributed by atoms with E-state index in [1.807, 2.05) is 63.1 Å². The molecule has 0 aliphatic rings. The number of nitrogens with one attached hydrogen (secondary N) is 2. The predicted molar refractivity (Wildman–Crippen MR) is 129 cm³/mol. The smallest absolute Gasteiger partial charge is 0.240 e. The third kappa shape index (κ3) is 10.3. The number of carbonyl (C=O) groups is 1. The third-order valence-electron chi connectivity index (χ3n) is 4.00. The van der Waals surface area contributed by atoms with Crippen molar-refractivity contribution < 1.29 is 9.21 Å². The van der Waals surface area contributed by atoms with Crippen molar-refractivity contribution in [2.75, 3.05) is 26.7 Å². The molecule has 1 heterocycles. The Morgan fingerprint density at radius 3 is 2.45 bits per heavy atom. The largest absolute Gasteiger partial charge is 0.469 e. The molecule has 1 aromatic heterocycles. The number of guanidine groups is 1. The summed E-state index contributed by atoms with van der Waals surface area (Å²) in [6.07, 6.45) is 3.28. The number of hydrogen-bond donors (Lipinski definition) is 2. The van der Waals surface area contributed by atoms with E-state index >= 15 is 0 Å². The Labute approximate surface area is 191 Å². The van der Waals surface area contributed by atoms with Crippen LogP contribution in [-0.4, -0.2) is 49.0 Å². The summed E-state index contributed by atoms with van der Waals surface area (Å²) in [6.45, 7) is 7.50. The van der Waals surface area contributed by atoms with Crippen LogP contribution in [0, 0.1) is 0 Å². The average Bonchev–Trinajstić information content (AvgIpc) is 3.13. The minimum atomic E-state index is -0.255. The molecular formula is C22H33IN4O2. The molecule has 1 aromatic carbocycles. The topological polar surface area (TPSA) is 69.9 Å². The normalized spacial score (nSPS) is 11.5. The van der Waals surface area contributed by atoms with Gasteiger partial charge in [0.1, 0.15) is 5.76 Å². The van der Waals surface area contributed by atoms with Crippen LogP contribution in [0.5, 0.6) is 0 Å². The first kappa shape index (κ1) is 25.0. The highest BCUT2D eigenvalue weighted by atomic mass is 127. The van der Waals surface area contributed by atoms with E-state index in [4.69, 9.17) is 4.42 Å². The maximum absolute atomic E-state index is 12.3. The van der Waals surface area contributed by atoms with E-state index in [9.17, 15) is 4.79 Å². The highest BCUT2D eigenvalue weighted by Gasteiger charge is 2.17. The van der Waals surface area contributed by atoms with Crippen molar-refractivity contribution >= 4 is 35.8 Å². The molecule has 2 N–H and O–H groups in total. The van der Waals surface area contributed by atoms with E-state index in [2.05, 4.69) is 27.8 Å². The molecule has 0 fully saturated rings. The summed E-state index contributed by atoms with van der Waals surface area (Å²) in [5.41, 5.74) is 1.01. The van der Waals surface area contributed by atoms with Gasteiger partial charge in [0.05, 0.1) is 12.8 Å². The molecule has 6 nitrogen and oxygen atoms in total. The van der Waals surface area contributed by atoms with Crippen LogP contribution in [0.1, 0.15) is 32.1 Å². The first-order chi connectivity index (χ1) is 13.3. The van der Waals surface area contributed by atoms with Gasteiger partial charge in [-0.15, -0.1) is 24.0 Å². The number of aliphatic imine (C=N–C) groups is 1. The summed E-state index contributed by atoms with van der Waals surface area (Å²) in [5, 5.41) is 6.37. The van der Waals surface area contributed by atoms with Crippen molar-refractivity contribution in [2.24, 2.45) is 4.99 Å². The van der Waals surface area contributed by atoms with Gasteiger partial charge in [-0.3, -0.25) is 9.79 Å². The molecule has 1 amide bonds. The van der Waals surface area contributed by atoms with Gasteiger partial charge in [0.15, 0.2) is 5.96 Å². The quantitative estimate of drug-likeness (QED) is 0.323. The second kappa shape index (κ2) is 12.5. The standard InChI is InChI=1S/C22H32N4O2.HI/c1-22(2,3)25-20(27)17-26(4)21(24-15-13-19-11-8-16-28-19)23-14-12-18-9-6-5-7-10-18;/h5-11,16H,12-15,17H2,1-4H3,(H,23,24)(H,25,27);1H. The van der Waals surface area contributed by atoms with Gasteiger partial charge < -0.3 is 20.0 Å². The van der Waals surface area contributed by atoms with Gasteiger partial charge in [0.25, 0.3) is 0 Å². The zero-order valence-corrected chi connectivity index (χ0v) is 20.1. The van der Waals surface area contributed by atoms with Crippen molar-refractivity contribution in [1.29, 1.82) is 0 Å². The van der Waals surface area contributed by atoms with E-state index in [1.54, 1.807) is 6.26 Å². The van der Waals surface area contributed by atoms with E-state index < -0.39 is 0 Å². The van der Waals surface area contributed by atoms with E-state index in [-0.39, 0.29) is 42.0 Å².